The van der Waals surface area contributed by atoms with Crippen LogP contribution in [-0.4, -0.2) is 29.2 Å². The van der Waals surface area contributed by atoms with Crippen molar-refractivity contribution in [3.05, 3.63) is 22.2 Å². The highest BCUT2D eigenvalue weighted by Gasteiger charge is 2.26. The third kappa shape index (κ3) is 1.95. The van der Waals surface area contributed by atoms with Crippen LogP contribution >= 0.6 is 11.3 Å². The Hall–Kier alpha value is -1.14. The molecule has 0 radical (unpaired) electrons. The molecule has 0 amide bonds. The minimum Gasteiger partial charge on any atom is -0.394 e. The standard InChI is InChI=1S/C9H12N2O3S/c12-6-7-2-1-5-10(7)8-3-4-9(15-8)11(13)14/h3-4,7,12H,1-2,5-6H2/t7-/m1/s1. The SMILES string of the molecule is O=[N+]([O-])c1ccc(N2CCC[C@@H]2CO)s1. The van der Waals surface area contributed by atoms with Crippen molar-refractivity contribution in [3.8, 4) is 0 Å². The maximum Gasteiger partial charge on any atom is 0.326 e. The molecule has 15 heavy (non-hydrogen) atoms. The molecular formula is C9H12N2O3S. The van der Waals surface area contributed by atoms with Gasteiger partial charge in [0.25, 0.3) is 0 Å². The van der Waals surface area contributed by atoms with Gasteiger partial charge in [0.2, 0.25) is 0 Å². The number of nitro groups is 1. The van der Waals surface area contributed by atoms with E-state index in [1.165, 1.54) is 17.4 Å². The first-order valence-corrected chi connectivity index (χ1v) is 5.65. The van der Waals surface area contributed by atoms with Crippen molar-refractivity contribution >= 4 is 21.3 Å². The lowest BCUT2D eigenvalue weighted by Gasteiger charge is -2.22. The zero-order valence-corrected chi connectivity index (χ0v) is 8.94. The molecule has 0 unspecified atom stereocenters. The van der Waals surface area contributed by atoms with Crippen molar-refractivity contribution in [1.82, 2.24) is 0 Å². The van der Waals surface area contributed by atoms with E-state index in [0.717, 1.165) is 24.4 Å². The molecule has 6 heteroatoms. The highest BCUT2D eigenvalue weighted by Crippen LogP contribution is 2.35. The Morgan fingerprint density at radius 2 is 2.47 bits per heavy atom. The third-order valence-electron chi connectivity index (χ3n) is 2.63. The lowest BCUT2D eigenvalue weighted by Crippen LogP contribution is -2.31. The Morgan fingerprint density at radius 1 is 1.67 bits per heavy atom. The summed E-state index contributed by atoms with van der Waals surface area (Å²) < 4.78 is 0. The first-order valence-electron chi connectivity index (χ1n) is 4.84. The van der Waals surface area contributed by atoms with Crippen LogP contribution in [0.2, 0.25) is 0 Å². The number of hydrogen-bond acceptors (Lipinski definition) is 5. The van der Waals surface area contributed by atoms with E-state index >= 15 is 0 Å². The van der Waals surface area contributed by atoms with Crippen molar-refractivity contribution < 1.29 is 10.0 Å². The fraction of sp³-hybridized carbons (Fsp3) is 0.556. The van der Waals surface area contributed by atoms with Gasteiger partial charge in [0.05, 0.1) is 22.6 Å². The van der Waals surface area contributed by atoms with E-state index in [9.17, 15) is 10.1 Å². The molecule has 1 aliphatic heterocycles. The van der Waals surface area contributed by atoms with Crippen LogP contribution in [0.3, 0.4) is 0 Å². The van der Waals surface area contributed by atoms with Crippen molar-refractivity contribution in [2.24, 2.45) is 0 Å². The molecule has 2 rings (SSSR count). The molecule has 1 aromatic rings. The normalized spacial score (nSPS) is 20.9. The second-order valence-electron chi connectivity index (χ2n) is 3.54. The summed E-state index contributed by atoms with van der Waals surface area (Å²) in [6.45, 7) is 0.995. The maximum atomic E-state index is 10.5. The molecule has 1 aromatic heterocycles. The van der Waals surface area contributed by atoms with Gasteiger partial charge in [0.1, 0.15) is 0 Å². The average molecular weight is 228 g/mol. The van der Waals surface area contributed by atoms with Crippen LogP contribution in [0, 0.1) is 10.1 Å². The van der Waals surface area contributed by atoms with E-state index in [1.54, 1.807) is 6.07 Å². The summed E-state index contributed by atoms with van der Waals surface area (Å²) in [6, 6.07) is 3.41. The van der Waals surface area contributed by atoms with Crippen molar-refractivity contribution in [3.63, 3.8) is 0 Å². The van der Waals surface area contributed by atoms with E-state index in [2.05, 4.69) is 4.90 Å². The maximum absolute atomic E-state index is 10.5. The molecule has 1 fully saturated rings. The van der Waals surface area contributed by atoms with Crippen LogP contribution < -0.4 is 4.90 Å². The monoisotopic (exact) mass is 228 g/mol. The number of hydrogen-bond donors (Lipinski definition) is 1. The molecule has 1 aliphatic rings. The van der Waals surface area contributed by atoms with Gasteiger partial charge < -0.3 is 10.0 Å². The predicted molar refractivity (Wildman–Crippen MR) is 58.4 cm³/mol. The predicted octanol–water partition coefficient (Wildman–Crippen LogP) is 1.62. The summed E-state index contributed by atoms with van der Waals surface area (Å²) >= 11 is 1.17. The Kier molecular flexibility index (Phi) is 2.88. The molecule has 1 atom stereocenters. The van der Waals surface area contributed by atoms with Gasteiger partial charge in [0.15, 0.2) is 0 Å². The molecule has 5 nitrogen and oxygen atoms in total. The van der Waals surface area contributed by atoms with Gasteiger partial charge in [0, 0.05) is 12.6 Å². The van der Waals surface area contributed by atoms with E-state index in [4.69, 9.17) is 5.11 Å². The topological polar surface area (TPSA) is 66.6 Å². The first-order chi connectivity index (χ1) is 7.22. The molecule has 0 saturated carbocycles. The summed E-state index contributed by atoms with van der Waals surface area (Å²) in [5, 5.41) is 20.7. The zero-order valence-electron chi connectivity index (χ0n) is 8.13. The molecule has 1 N–H and O–H groups in total. The fourth-order valence-corrected chi connectivity index (χ4v) is 2.80. The number of aliphatic hydroxyl groups is 1. The summed E-state index contributed by atoms with van der Waals surface area (Å²) in [6.07, 6.45) is 2.00. The number of aliphatic hydroxyl groups excluding tert-OH is 1. The van der Waals surface area contributed by atoms with Gasteiger partial charge >= 0.3 is 5.00 Å². The van der Waals surface area contributed by atoms with Crippen LogP contribution in [0.4, 0.5) is 10.0 Å². The lowest BCUT2D eigenvalue weighted by atomic mass is 10.2. The second kappa shape index (κ2) is 4.16. The largest absolute Gasteiger partial charge is 0.394 e. The number of anilines is 1. The van der Waals surface area contributed by atoms with Gasteiger partial charge in [-0.25, -0.2) is 0 Å². The minimum absolute atomic E-state index is 0.117. The lowest BCUT2D eigenvalue weighted by molar-refractivity contribution is -0.380. The summed E-state index contributed by atoms with van der Waals surface area (Å²) in [4.78, 5) is 12.2. The smallest absolute Gasteiger partial charge is 0.326 e. The van der Waals surface area contributed by atoms with Crippen LogP contribution in [0.15, 0.2) is 12.1 Å². The second-order valence-corrected chi connectivity index (χ2v) is 4.58. The van der Waals surface area contributed by atoms with E-state index < -0.39 is 0 Å². The number of nitrogens with zero attached hydrogens (tertiary/aromatic N) is 2. The summed E-state index contributed by atoms with van der Waals surface area (Å²) in [5.74, 6) is 0. The van der Waals surface area contributed by atoms with Crippen molar-refractivity contribution in [2.75, 3.05) is 18.1 Å². The molecule has 0 aromatic carbocycles. The number of rotatable bonds is 3. The fourth-order valence-electron chi connectivity index (χ4n) is 1.89. The van der Waals surface area contributed by atoms with Gasteiger partial charge in [-0.2, -0.15) is 0 Å². The third-order valence-corrected chi connectivity index (χ3v) is 3.70. The van der Waals surface area contributed by atoms with Gasteiger partial charge in [-0.15, -0.1) is 0 Å². The van der Waals surface area contributed by atoms with Gasteiger partial charge in [-0.05, 0) is 30.2 Å². The molecule has 1 saturated heterocycles. The first kappa shape index (κ1) is 10.4. The quantitative estimate of drug-likeness (QED) is 0.630. The molecule has 0 spiro atoms. The van der Waals surface area contributed by atoms with E-state index in [0.29, 0.717) is 0 Å². The number of thiophene rings is 1. The van der Waals surface area contributed by atoms with Crippen molar-refractivity contribution in [2.45, 2.75) is 18.9 Å². The van der Waals surface area contributed by atoms with E-state index in [-0.39, 0.29) is 22.6 Å². The minimum atomic E-state index is -0.377. The van der Waals surface area contributed by atoms with Crippen LogP contribution in [0.1, 0.15) is 12.8 Å². The van der Waals surface area contributed by atoms with Crippen molar-refractivity contribution in [1.29, 1.82) is 0 Å². The average Bonchev–Trinajstić information content (AvgIpc) is 2.85. The van der Waals surface area contributed by atoms with E-state index in [1.807, 2.05) is 0 Å². The molecule has 2 heterocycles. The Morgan fingerprint density at radius 3 is 3.07 bits per heavy atom. The highest BCUT2D eigenvalue weighted by atomic mass is 32.1. The highest BCUT2D eigenvalue weighted by molar-refractivity contribution is 7.19. The molecule has 0 bridgehead atoms. The Bertz CT molecular complexity index is 366. The van der Waals surface area contributed by atoms with Gasteiger partial charge in [-0.1, -0.05) is 0 Å². The molecule has 0 aliphatic carbocycles. The van der Waals surface area contributed by atoms with Gasteiger partial charge in [-0.3, -0.25) is 10.1 Å². The van der Waals surface area contributed by atoms with Crippen LogP contribution in [-0.2, 0) is 0 Å². The van der Waals surface area contributed by atoms with Crippen LogP contribution in [0.25, 0.3) is 0 Å². The Labute approximate surface area is 91.1 Å². The summed E-state index contributed by atoms with van der Waals surface area (Å²) in [5.41, 5.74) is 0. The Balaban J connectivity index is 2.18. The molecule has 82 valence electrons. The summed E-state index contributed by atoms with van der Waals surface area (Å²) in [7, 11) is 0. The molecular weight excluding hydrogens is 216 g/mol. The van der Waals surface area contributed by atoms with Crippen LogP contribution in [0.5, 0.6) is 0 Å². The zero-order chi connectivity index (χ0) is 10.8.